The number of rotatable bonds is 1. The van der Waals surface area contributed by atoms with Gasteiger partial charge in [0.25, 0.3) is 5.91 Å². The van der Waals surface area contributed by atoms with E-state index in [0.29, 0.717) is 30.5 Å². The Morgan fingerprint density at radius 2 is 2.24 bits per heavy atom. The molecule has 1 unspecified atom stereocenters. The van der Waals surface area contributed by atoms with E-state index in [1.54, 1.807) is 11.0 Å². The van der Waals surface area contributed by atoms with Crippen molar-refractivity contribution in [3.8, 4) is 0 Å². The number of hydrogen-bond acceptors (Lipinski definition) is 3. The Balaban J connectivity index is 1.93. The molecule has 2 aromatic rings. The fraction of sp³-hybridized carbons (Fsp3) is 0.375. The number of hydrogen-bond donors (Lipinski definition) is 0. The molecule has 1 aliphatic rings. The van der Waals surface area contributed by atoms with Crippen LogP contribution in [0.1, 0.15) is 23.8 Å². The maximum Gasteiger partial charge on any atom is 0.272 e. The summed E-state index contributed by atoms with van der Waals surface area (Å²) in [6.07, 6.45) is 0.893. The molecule has 1 amide bonds. The normalized spacial score (nSPS) is 19.5. The highest BCUT2D eigenvalue weighted by Gasteiger charge is 2.22. The fourth-order valence-corrected chi connectivity index (χ4v) is 2.87. The Bertz CT molecular complexity index is 674. The topological polar surface area (TPSA) is 42.4 Å². The van der Waals surface area contributed by atoms with Gasteiger partial charge < -0.3 is 9.64 Å². The quantitative estimate of drug-likeness (QED) is 0.760. The zero-order valence-electron chi connectivity index (χ0n) is 11.9. The summed E-state index contributed by atoms with van der Waals surface area (Å²) in [5.74, 6) is -0.0833. The van der Waals surface area contributed by atoms with E-state index in [1.807, 2.05) is 31.2 Å². The molecule has 0 bridgehead atoms. The number of benzene rings is 1. The molecule has 1 saturated heterocycles. The van der Waals surface area contributed by atoms with Gasteiger partial charge in [0.05, 0.1) is 6.10 Å². The zero-order valence-corrected chi connectivity index (χ0v) is 12.6. The highest BCUT2D eigenvalue weighted by atomic mass is 35.5. The molecule has 0 aliphatic carbocycles. The molecule has 0 radical (unpaired) electrons. The molecular formula is C16H17ClN2O2. The minimum Gasteiger partial charge on any atom is -0.377 e. The van der Waals surface area contributed by atoms with Crippen molar-refractivity contribution < 1.29 is 9.53 Å². The van der Waals surface area contributed by atoms with Gasteiger partial charge in [0.1, 0.15) is 10.8 Å². The van der Waals surface area contributed by atoms with E-state index in [1.165, 1.54) is 0 Å². The van der Waals surface area contributed by atoms with Gasteiger partial charge in [0.15, 0.2) is 0 Å². The average molecular weight is 305 g/mol. The van der Waals surface area contributed by atoms with Crippen molar-refractivity contribution in [2.75, 3.05) is 19.7 Å². The lowest BCUT2D eigenvalue weighted by molar-refractivity contribution is 0.0559. The Kier molecular flexibility index (Phi) is 4.08. The Morgan fingerprint density at radius 1 is 1.43 bits per heavy atom. The molecule has 1 aromatic heterocycles. The second-order valence-corrected chi connectivity index (χ2v) is 5.66. The number of nitrogens with zero attached hydrogens (tertiary/aromatic N) is 2. The minimum absolute atomic E-state index is 0.0485. The number of halogens is 1. The molecule has 0 saturated carbocycles. The Hall–Kier alpha value is -1.65. The van der Waals surface area contributed by atoms with Crippen LogP contribution in [0.25, 0.3) is 10.8 Å². The first kappa shape index (κ1) is 14.3. The first-order valence-electron chi connectivity index (χ1n) is 7.11. The summed E-state index contributed by atoms with van der Waals surface area (Å²) in [5.41, 5.74) is 0.396. The van der Waals surface area contributed by atoms with Crippen LogP contribution in [0.5, 0.6) is 0 Å². The van der Waals surface area contributed by atoms with E-state index in [4.69, 9.17) is 16.3 Å². The van der Waals surface area contributed by atoms with Gasteiger partial charge in [-0.25, -0.2) is 4.98 Å². The molecule has 1 aliphatic heterocycles. The monoisotopic (exact) mass is 304 g/mol. The van der Waals surface area contributed by atoms with Gasteiger partial charge in [0.2, 0.25) is 0 Å². The molecule has 1 atom stereocenters. The van der Waals surface area contributed by atoms with E-state index >= 15 is 0 Å². The van der Waals surface area contributed by atoms with Gasteiger partial charge in [-0.1, -0.05) is 35.9 Å². The number of carbonyl (C=O) groups excluding carboxylic acids is 1. The summed E-state index contributed by atoms with van der Waals surface area (Å²) in [6.45, 7) is 3.95. The predicted molar refractivity (Wildman–Crippen MR) is 82.7 cm³/mol. The molecule has 1 fully saturated rings. The first-order chi connectivity index (χ1) is 10.1. The predicted octanol–water partition coefficient (Wildman–Crippen LogP) is 3.14. The smallest absolute Gasteiger partial charge is 0.272 e. The van der Waals surface area contributed by atoms with Crippen LogP contribution in [0.2, 0.25) is 5.15 Å². The van der Waals surface area contributed by atoms with E-state index in [9.17, 15) is 4.79 Å². The molecule has 5 heteroatoms. The number of carbonyl (C=O) groups is 1. The molecule has 1 aromatic carbocycles. The van der Waals surface area contributed by atoms with E-state index < -0.39 is 0 Å². The van der Waals surface area contributed by atoms with Crippen molar-refractivity contribution in [2.24, 2.45) is 0 Å². The van der Waals surface area contributed by atoms with Crippen molar-refractivity contribution >= 4 is 28.3 Å². The lowest BCUT2D eigenvalue weighted by Gasteiger charge is -2.22. The summed E-state index contributed by atoms with van der Waals surface area (Å²) in [6, 6.07) is 9.48. The number of aromatic nitrogens is 1. The zero-order chi connectivity index (χ0) is 14.8. The van der Waals surface area contributed by atoms with Crippen molar-refractivity contribution in [2.45, 2.75) is 19.4 Å². The molecule has 4 nitrogen and oxygen atoms in total. The van der Waals surface area contributed by atoms with Crippen LogP contribution in [0.3, 0.4) is 0 Å². The number of ether oxygens (including phenoxy) is 1. The number of pyridine rings is 1. The third-order valence-corrected chi connectivity index (χ3v) is 3.94. The maximum atomic E-state index is 12.6. The van der Waals surface area contributed by atoms with Crippen LogP contribution in [-0.2, 0) is 4.74 Å². The molecule has 21 heavy (non-hydrogen) atoms. The largest absolute Gasteiger partial charge is 0.377 e. The highest BCUT2D eigenvalue weighted by molar-refractivity contribution is 6.34. The van der Waals surface area contributed by atoms with Gasteiger partial charge in [-0.2, -0.15) is 0 Å². The summed E-state index contributed by atoms with van der Waals surface area (Å²) in [5, 5.41) is 2.17. The third-order valence-electron chi connectivity index (χ3n) is 3.65. The van der Waals surface area contributed by atoms with E-state index in [-0.39, 0.29) is 12.0 Å². The van der Waals surface area contributed by atoms with Crippen LogP contribution >= 0.6 is 11.6 Å². The summed E-state index contributed by atoms with van der Waals surface area (Å²) in [7, 11) is 0. The molecule has 110 valence electrons. The van der Waals surface area contributed by atoms with Crippen molar-refractivity contribution in [3.63, 3.8) is 0 Å². The van der Waals surface area contributed by atoms with Crippen LogP contribution in [0.15, 0.2) is 30.3 Å². The van der Waals surface area contributed by atoms with Gasteiger partial charge in [0, 0.05) is 25.1 Å². The number of fused-ring (bicyclic) bond motifs is 1. The molecule has 2 heterocycles. The SMILES string of the molecule is CC1CN(C(=O)c2cc3ccccc3c(Cl)n2)CCCO1. The standard InChI is InChI=1S/C16H17ClN2O2/c1-11-10-19(7-4-8-21-11)16(20)14-9-12-5-2-3-6-13(12)15(17)18-14/h2-3,5-6,9,11H,4,7-8,10H2,1H3. The maximum absolute atomic E-state index is 12.6. The molecular weight excluding hydrogens is 288 g/mol. The van der Waals surface area contributed by atoms with Gasteiger partial charge in [-0.15, -0.1) is 0 Å². The van der Waals surface area contributed by atoms with Gasteiger partial charge >= 0.3 is 0 Å². The first-order valence-corrected chi connectivity index (χ1v) is 7.49. The summed E-state index contributed by atoms with van der Waals surface area (Å²) < 4.78 is 5.57. The Labute approximate surface area is 128 Å². The van der Waals surface area contributed by atoms with Crippen LogP contribution in [0, 0.1) is 0 Å². The summed E-state index contributed by atoms with van der Waals surface area (Å²) >= 11 is 6.20. The van der Waals surface area contributed by atoms with Gasteiger partial charge in [-0.3, -0.25) is 4.79 Å². The molecule has 0 N–H and O–H groups in total. The number of amides is 1. The average Bonchev–Trinajstić information content (AvgIpc) is 2.71. The molecule has 0 spiro atoms. The van der Waals surface area contributed by atoms with Crippen molar-refractivity contribution in [1.29, 1.82) is 0 Å². The van der Waals surface area contributed by atoms with Crippen molar-refractivity contribution in [3.05, 3.63) is 41.2 Å². The minimum atomic E-state index is -0.0833. The van der Waals surface area contributed by atoms with Crippen LogP contribution < -0.4 is 0 Å². The van der Waals surface area contributed by atoms with Crippen LogP contribution in [-0.4, -0.2) is 41.6 Å². The van der Waals surface area contributed by atoms with E-state index in [2.05, 4.69) is 4.98 Å². The lowest BCUT2D eigenvalue weighted by Crippen LogP contribution is -2.36. The van der Waals surface area contributed by atoms with Crippen molar-refractivity contribution in [1.82, 2.24) is 9.88 Å². The second kappa shape index (κ2) is 6.00. The third kappa shape index (κ3) is 3.01. The second-order valence-electron chi connectivity index (χ2n) is 5.31. The highest BCUT2D eigenvalue weighted by Crippen LogP contribution is 2.23. The molecule has 3 rings (SSSR count). The van der Waals surface area contributed by atoms with Crippen LogP contribution in [0.4, 0.5) is 0 Å². The lowest BCUT2D eigenvalue weighted by atomic mass is 10.1. The Morgan fingerprint density at radius 3 is 3.10 bits per heavy atom. The van der Waals surface area contributed by atoms with Gasteiger partial charge in [-0.05, 0) is 24.8 Å². The van der Waals surface area contributed by atoms with E-state index in [0.717, 1.165) is 17.2 Å². The fourth-order valence-electron chi connectivity index (χ4n) is 2.61. The summed E-state index contributed by atoms with van der Waals surface area (Å²) in [4.78, 5) is 18.7.